The number of halogens is 1. The molecule has 0 saturated carbocycles. The predicted molar refractivity (Wildman–Crippen MR) is 105 cm³/mol. The number of anilines is 1. The standard InChI is InChI=1S/C19H20BrN3O3/c1-12(19(25)21-11-15-10-18(20)22-26-15)23(13(2)24)17-9-5-7-14-6-3-4-8-16(14)17/h3-10,12,15,22H,11H2,1-2H3,(H,21,25)/t12-,15?/m0/s1. The fourth-order valence-electron chi connectivity index (χ4n) is 3.00. The maximum absolute atomic E-state index is 12.6. The molecule has 0 aliphatic carbocycles. The van der Waals surface area contributed by atoms with Crippen molar-refractivity contribution in [2.75, 3.05) is 11.4 Å². The maximum atomic E-state index is 12.6. The van der Waals surface area contributed by atoms with Crippen molar-refractivity contribution < 1.29 is 14.4 Å². The van der Waals surface area contributed by atoms with E-state index < -0.39 is 6.04 Å². The van der Waals surface area contributed by atoms with E-state index in [0.29, 0.717) is 6.54 Å². The van der Waals surface area contributed by atoms with E-state index in [9.17, 15) is 9.59 Å². The van der Waals surface area contributed by atoms with Crippen LogP contribution in [0.2, 0.25) is 0 Å². The van der Waals surface area contributed by atoms with Crippen LogP contribution < -0.4 is 15.7 Å². The van der Waals surface area contributed by atoms with Gasteiger partial charge in [0.1, 0.15) is 16.8 Å². The number of hydrogen-bond acceptors (Lipinski definition) is 4. The van der Waals surface area contributed by atoms with Crippen LogP contribution in [0, 0.1) is 0 Å². The van der Waals surface area contributed by atoms with E-state index in [0.717, 1.165) is 21.1 Å². The van der Waals surface area contributed by atoms with Crippen LogP contribution in [-0.4, -0.2) is 30.5 Å². The van der Waals surface area contributed by atoms with E-state index in [2.05, 4.69) is 26.7 Å². The largest absolute Gasteiger partial charge is 0.351 e. The maximum Gasteiger partial charge on any atom is 0.243 e. The van der Waals surface area contributed by atoms with Crippen molar-refractivity contribution in [3.8, 4) is 0 Å². The molecule has 6 nitrogen and oxygen atoms in total. The molecule has 26 heavy (non-hydrogen) atoms. The van der Waals surface area contributed by atoms with Gasteiger partial charge in [-0.3, -0.25) is 24.8 Å². The molecule has 1 heterocycles. The number of hydrogen-bond donors (Lipinski definition) is 2. The Morgan fingerprint density at radius 1 is 1.27 bits per heavy atom. The Bertz CT molecular complexity index is 863. The lowest BCUT2D eigenvalue weighted by molar-refractivity contribution is -0.125. The number of carbonyl (C=O) groups is 2. The molecular weight excluding hydrogens is 398 g/mol. The van der Waals surface area contributed by atoms with E-state index in [1.54, 1.807) is 6.92 Å². The van der Waals surface area contributed by atoms with Crippen LogP contribution in [0.25, 0.3) is 10.8 Å². The van der Waals surface area contributed by atoms with Gasteiger partial charge in [0, 0.05) is 12.3 Å². The second-order valence-electron chi connectivity index (χ2n) is 6.08. The Morgan fingerprint density at radius 2 is 2.00 bits per heavy atom. The molecule has 0 spiro atoms. The molecule has 7 heteroatoms. The van der Waals surface area contributed by atoms with E-state index in [1.807, 2.05) is 48.5 Å². The van der Waals surface area contributed by atoms with Gasteiger partial charge >= 0.3 is 0 Å². The van der Waals surface area contributed by atoms with Crippen LogP contribution in [0.15, 0.2) is 53.1 Å². The first kappa shape index (κ1) is 18.4. The molecule has 0 radical (unpaired) electrons. The van der Waals surface area contributed by atoms with Crippen molar-refractivity contribution in [2.45, 2.75) is 26.0 Å². The summed E-state index contributed by atoms with van der Waals surface area (Å²) < 4.78 is 0.728. The fraction of sp³-hybridized carbons (Fsp3) is 0.263. The van der Waals surface area contributed by atoms with Crippen LogP contribution in [0.5, 0.6) is 0 Å². The zero-order valence-corrected chi connectivity index (χ0v) is 16.1. The molecule has 2 aromatic carbocycles. The highest BCUT2D eigenvalue weighted by Crippen LogP contribution is 2.28. The van der Waals surface area contributed by atoms with Gasteiger partial charge in [0.25, 0.3) is 0 Å². The average Bonchev–Trinajstić information content (AvgIpc) is 3.05. The second kappa shape index (κ2) is 7.88. The molecule has 136 valence electrons. The van der Waals surface area contributed by atoms with E-state index in [1.165, 1.54) is 11.8 Å². The molecule has 0 bridgehead atoms. The fourth-order valence-corrected chi connectivity index (χ4v) is 3.39. The summed E-state index contributed by atoms with van der Waals surface area (Å²) in [6.07, 6.45) is 1.56. The summed E-state index contributed by atoms with van der Waals surface area (Å²) in [4.78, 5) is 31.7. The zero-order chi connectivity index (χ0) is 18.7. The normalized spacial score (nSPS) is 17.3. The van der Waals surface area contributed by atoms with Gasteiger partial charge in [0.2, 0.25) is 11.8 Å². The lowest BCUT2D eigenvalue weighted by atomic mass is 10.1. The lowest BCUT2D eigenvalue weighted by Gasteiger charge is -2.28. The third-order valence-electron chi connectivity index (χ3n) is 4.25. The monoisotopic (exact) mass is 417 g/mol. The molecule has 0 fully saturated rings. The Morgan fingerprint density at radius 3 is 2.69 bits per heavy atom. The van der Waals surface area contributed by atoms with E-state index in [-0.39, 0.29) is 17.9 Å². The highest BCUT2D eigenvalue weighted by atomic mass is 79.9. The molecule has 3 rings (SSSR count). The first-order chi connectivity index (χ1) is 12.5. The molecule has 1 aliphatic heterocycles. The first-order valence-electron chi connectivity index (χ1n) is 8.31. The number of carbonyl (C=O) groups excluding carboxylic acids is 2. The molecule has 2 atom stereocenters. The van der Waals surface area contributed by atoms with Crippen molar-refractivity contribution >= 4 is 44.2 Å². The molecular formula is C19H20BrN3O3. The Balaban J connectivity index is 1.80. The smallest absolute Gasteiger partial charge is 0.243 e. The topological polar surface area (TPSA) is 70.7 Å². The lowest BCUT2D eigenvalue weighted by Crippen LogP contribution is -2.49. The van der Waals surface area contributed by atoms with Gasteiger partial charge in [-0.05, 0) is 40.4 Å². The molecule has 2 N–H and O–H groups in total. The molecule has 2 aromatic rings. The van der Waals surface area contributed by atoms with Gasteiger partial charge in [-0.1, -0.05) is 36.4 Å². The van der Waals surface area contributed by atoms with Gasteiger partial charge in [-0.15, -0.1) is 0 Å². The summed E-state index contributed by atoms with van der Waals surface area (Å²) in [5.74, 6) is -0.432. The zero-order valence-electron chi connectivity index (χ0n) is 14.5. The van der Waals surface area contributed by atoms with Gasteiger partial charge in [-0.2, -0.15) is 0 Å². The molecule has 0 aromatic heterocycles. The van der Waals surface area contributed by atoms with Gasteiger partial charge < -0.3 is 5.32 Å². The molecule has 0 saturated heterocycles. The minimum absolute atomic E-state index is 0.189. The number of hydroxylamine groups is 1. The molecule has 1 unspecified atom stereocenters. The number of rotatable bonds is 5. The predicted octanol–water partition coefficient (Wildman–Crippen LogP) is 2.84. The summed E-state index contributed by atoms with van der Waals surface area (Å²) in [7, 11) is 0. The van der Waals surface area contributed by atoms with Crippen molar-refractivity contribution in [3.63, 3.8) is 0 Å². The third-order valence-corrected chi connectivity index (χ3v) is 4.68. The highest BCUT2D eigenvalue weighted by molar-refractivity contribution is 9.11. The highest BCUT2D eigenvalue weighted by Gasteiger charge is 2.27. The first-order valence-corrected chi connectivity index (χ1v) is 9.11. The van der Waals surface area contributed by atoms with E-state index in [4.69, 9.17) is 4.84 Å². The van der Waals surface area contributed by atoms with Crippen LogP contribution >= 0.6 is 15.9 Å². The minimum Gasteiger partial charge on any atom is -0.351 e. The Labute approximate surface area is 160 Å². The Hall–Kier alpha value is -2.38. The second-order valence-corrected chi connectivity index (χ2v) is 6.94. The van der Waals surface area contributed by atoms with Gasteiger partial charge in [0.05, 0.1) is 12.2 Å². The average molecular weight is 418 g/mol. The van der Waals surface area contributed by atoms with Crippen LogP contribution in [0.1, 0.15) is 13.8 Å². The number of fused-ring (bicyclic) bond motifs is 1. The Kier molecular flexibility index (Phi) is 5.58. The van der Waals surface area contributed by atoms with E-state index >= 15 is 0 Å². The summed E-state index contributed by atoms with van der Waals surface area (Å²) in [5, 5.41) is 4.78. The van der Waals surface area contributed by atoms with Crippen molar-refractivity contribution in [1.82, 2.24) is 10.8 Å². The summed E-state index contributed by atoms with van der Waals surface area (Å²) in [6.45, 7) is 3.50. The summed E-state index contributed by atoms with van der Waals surface area (Å²) in [5.41, 5.74) is 3.39. The number of amides is 2. The third kappa shape index (κ3) is 3.89. The molecule has 1 aliphatic rings. The van der Waals surface area contributed by atoms with Crippen molar-refractivity contribution in [1.29, 1.82) is 0 Å². The van der Waals surface area contributed by atoms with Crippen LogP contribution in [-0.2, 0) is 14.4 Å². The summed E-state index contributed by atoms with van der Waals surface area (Å²) >= 11 is 3.27. The number of benzene rings is 2. The SMILES string of the molecule is CC(=O)N(c1cccc2ccccc12)[C@@H](C)C(=O)NCC1C=C(Br)NO1. The summed E-state index contributed by atoms with van der Waals surface area (Å²) in [6, 6.07) is 12.9. The van der Waals surface area contributed by atoms with Gasteiger partial charge in [-0.25, -0.2) is 0 Å². The minimum atomic E-state index is -0.653. The van der Waals surface area contributed by atoms with Crippen LogP contribution in [0.3, 0.4) is 0 Å². The van der Waals surface area contributed by atoms with Gasteiger partial charge in [0.15, 0.2) is 0 Å². The molecule has 2 amide bonds. The number of nitrogens with zero attached hydrogens (tertiary/aromatic N) is 1. The van der Waals surface area contributed by atoms with Crippen LogP contribution in [0.4, 0.5) is 5.69 Å². The quantitative estimate of drug-likeness (QED) is 0.733. The van der Waals surface area contributed by atoms with Crippen molar-refractivity contribution in [2.24, 2.45) is 0 Å². The van der Waals surface area contributed by atoms with Crippen molar-refractivity contribution in [3.05, 3.63) is 53.1 Å². The number of nitrogens with one attached hydrogen (secondary N) is 2.